The van der Waals surface area contributed by atoms with Gasteiger partial charge in [0.1, 0.15) is 0 Å². The highest BCUT2D eigenvalue weighted by Gasteiger charge is 2.43. The number of hydrogen-bond acceptors (Lipinski definition) is 4. The number of piperidine rings is 1. The van der Waals surface area contributed by atoms with Crippen molar-refractivity contribution >= 4 is 17.2 Å². The Labute approximate surface area is 105 Å². The van der Waals surface area contributed by atoms with Crippen molar-refractivity contribution in [2.75, 3.05) is 19.6 Å². The highest BCUT2D eigenvalue weighted by atomic mass is 32.1. The molecule has 0 radical (unpaired) electrons. The number of rotatable bonds is 2. The van der Waals surface area contributed by atoms with E-state index < -0.39 is 0 Å². The summed E-state index contributed by atoms with van der Waals surface area (Å²) in [6, 6.07) is 0. The molecule has 1 N–H and O–H groups in total. The van der Waals surface area contributed by atoms with Gasteiger partial charge in [-0.15, -0.1) is 11.3 Å². The zero-order chi connectivity index (χ0) is 11.7. The number of carbonyl (C=O) groups is 1. The van der Waals surface area contributed by atoms with Crippen LogP contribution in [-0.4, -0.2) is 35.4 Å². The molecule has 4 nitrogen and oxygen atoms in total. The summed E-state index contributed by atoms with van der Waals surface area (Å²) in [6.45, 7) is 3.80. The average molecular weight is 251 g/mol. The molecule has 0 atom stereocenters. The predicted molar refractivity (Wildman–Crippen MR) is 66.7 cm³/mol. The van der Waals surface area contributed by atoms with E-state index in [2.05, 4.69) is 10.3 Å². The van der Waals surface area contributed by atoms with Gasteiger partial charge in [0.15, 0.2) is 0 Å². The van der Waals surface area contributed by atoms with Crippen LogP contribution < -0.4 is 5.32 Å². The van der Waals surface area contributed by atoms with Gasteiger partial charge in [-0.3, -0.25) is 9.78 Å². The van der Waals surface area contributed by atoms with Crippen LogP contribution in [0.3, 0.4) is 0 Å². The van der Waals surface area contributed by atoms with E-state index >= 15 is 0 Å². The number of nitrogens with one attached hydrogen (secondary N) is 1. The van der Waals surface area contributed by atoms with Crippen LogP contribution in [-0.2, 0) is 11.3 Å². The maximum absolute atomic E-state index is 12.1. The molecule has 5 heteroatoms. The van der Waals surface area contributed by atoms with Crippen LogP contribution in [0.25, 0.3) is 0 Å². The van der Waals surface area contributed by atoms with E-state index in [1.165, 1.54) is 4.88 Å². The molecule has 1 aromatic heterocycles. The summed E-state index contributed by atoms with van der Waals surface area (Å²) in [7, 11) is 0. The number of hydrogen-bond donors (Lipinski definition) is 1. The van der Waals surface area contributed by atoms with Crippen molar-refractivity contribution in [2.45, 2.75) is 25.8 Å². The Bertz CT molecular complexity index is 398. The van der Waals surface area contributed by atoms with Crippen molar-refractivity contribution in [1.29, 1.82) is 0 Å². The van der Waals surface area contributed by atoms with Gasteiger partial charge >= 0.3 is 0 Å². The molecule has 0 aliphatic carbocycles. The van der Waals surface area contributed by atoms with Crippen molar-refractivity contribution in [3.05, 3.63) is 16.6 Å². The molecule has 1 spiro atoms. The molecule has 2 aliphatic heterocycles. The topological polar surface area (TPSA) is 45.2 Å². The molecule has 3 rings (SSSR count). The number of amides is 1. The summed E-state index contributed by atoms with van der Waals surface area (Å²) in [5.41, 5.74) is 2.09. The van der Waals surface area contributed by atoms with E-state index in [0.29, 0.717) is 5.91 Å². The van der Waals surface area contributed by atoms with Crippen LogP contribution in [0.4, 0.5) is 0 Å². The molecule has 0 bridgehead atoms. The number of nitrogens with zero attached hydrogens (tertiary/aromatic N) is 2. The Morgan fingerprint density at radius 2 is 2.29 bits per heavy atom. The fourth-order valence-corrected chi connectivity index (χ4v) is 3.54. The molecule has 1 amide bonds. The molecule has 0 saturated carbocycles. The van der Waals surface area contributed by atoms with Gasteiger partial charge in [0.2, 0.25) is 5.91 Å². The van der Waals surface area contributed by atoms with Gasteiger partial charge in [0.05, 0.1) is 12.1 Å². The second kappa shape index (κ2) is 4.38. The van der Waals surface area contributed by atoms with Crippen molar-refractivity contribution < 1.29 is 4.79 Å². The summed E-state index contributed by atoms with van der Waals surface area (Å²) in [5.74, 6) is 0.320. The van der Waals surface area contributed by atoms with E-state index in [1.807, 2.05) is 16.6 Å². The van der Waals surface area contributed by atoms with E-state index in [1.54, 1.807) is 11.3 Å². The first kappa shape index (κ1) is 11.2. The maximum Gasteiger partial charge on any atom is 0.223 e. The summed E-state index contributed by atoms with van der Waals surface area (Å²) in [6.07, 6.45) is 4.88. The van der Waals surface area contributed by atoms with E-state index in [0.717, 1.165) is 45.4 Å². The molecular weight excluding hydrogens is 234 g/mol. The third-order valence-corrected chi connectivity index (χ3v) is 4.66. The fraction of sp³-hybridized carbons (Fsp3) is 0.667. The van der Waals surface area contributed by atoms with Gasteiger partial charge in [-0.1, -0.05) is 0 Å². The lowest BCUT2D eigenvalue weighted by Crippen LogP contribution is -2.38. The minimum atomic E-state index is 0.257. The molecule has 0 unspecified atom stereocenters. The van der Waals surface area contributed by atoms with Crippen molar-refractivity contribution in [2.24, 2.45) is 5.41 Å². The van der Waals surface area contributed by atoms with E-state index in [-0.39, 0.29) is 5.41 Å². The molecular formula is C12H17N3OS. The second-order valence-electron chi connectivity index (χ2n) is 5.14. The van der Waals surface area contributed by atoms with Gasteiger partial charge in [-0.2, -0.15) is 0 Å². The van der Waals surface area contributed by atoms with Crippen LogP contribution in [0.15, 0.2) is 11.7 Å². The molecule has 0 aromatic carbocycles. The first-order valence-electron chi connectivity index (χ1n) is 6.13. The minimum Gasteiger partial charge on any atom is -0.337 e. The van der Waals surface area contributed by atoms with Gasteiger partial charge in [-0.25, -0.2) is 0 Å². The standard InChI is InChI=1S/C12H17N3OS/c16-11-5-12(1-3-13-4-2-12)8-15(11)7-10-6-14-9-17-10/h6,9,13H,1-5,7-8H2. The molecule has 92 valence electrons. The Morgan fingerprint density at radius 1 is 1.47 bits per heavy atom. The summed E-state index contributed by atoms with van der Waals surface area (Å²) < 4.78 is 0. The SMILES string of the molecule is O=C1CC2(CCNCC2)CN1Cc1cncs1. The minimum absolute atomic E-state index is 0.257. The van der Waals surface area contributed by atoms with Crippen molar-refractivity contribution in [3.8, 4) is 0 Å². The number of likely N-dealkylation sites (tertiary alicyclic amines) is 1. The smallest absolute Gasteiger partial charge is 0.223 e. The zero-order valence-corrected chi connectivity index (χ0v) is 10.6. The molecule has 17 heavy (non-hydrogen) atoms. The van der Waals surface area contributed by atoms with E-state index in [9.17, 15) is 4.79 Å². The van der Waals surface area contributed by atoms with Gasteiger partial charge in [-0.05, 0) is 31.3 Å². The van der Waals surface area contributed by atoms with E-state index in [4.69, 9.17) is 0 Å². The maximum atomic E-state index is 12.1. The lowest BCUT2D eigenvalue weighted by molar-refractivity contribution is -0.128. The van der Waals surface area contributed by atoms with Gasteiger partial charge < -0.3 is 10.2 Å². The van der Waals surface area contributed by atoms with Crippen LogP contribution in [0.1, 0.15) is 24.1 Å². The molecule has 1 aromatic rings. The average Bonchev–Trinajstić information content (AvgIpc) is 2.91. The zero-order valence-electron chi connectivity index (χ0n) is 9.82. The highest BCUT2D eigenvalue weighted by Crippen LogP contribution is 2.39. The summed E-state index contributed by atoms with van der Waals surface area (Å²) in [5, 5.41) is 3.37. The summed E-state index contributed by atoms with van der Waals surface area (Å²) in [4.78, 5) is 19.3. The Hall–Kier alpha value is -0.940. The number of aromatic nitrogens is 1. The first-order chi connectivity index (χ1) is 8.27. The molecule has 2 saturated heterocycles. The fourth-order valence-electron chi connectivity index (χ4n) is 2.93. The Balaban J connectivity index is 1.69. The lowest BCUT2D eigenvalue weighted by atomic mass is 9.78. The van der Waals surface area contributed by atoms with Crippen LogP contribution in [0, 0.1) is 5.41 Å². The Morgan fingerprint density at radius 3 is 3.00 bits per heavy atom. The van der Waals surface area contributed by atoms with Crippen LogP contribution in [0.5, 0.6) is 0 Å². The predicted octanol–water partition coefficient (Wildman–Crippen LogP) is 1.25. The lowest BCUT2D eigenvalue weighted by Gasteiger charge is -2.33. The monoisotopic (exact) mass is 251 g/mol. The van der Waals surface area contributed by atoms with Crippen molar-refractivity contribution in [3.63, 3.8) is 0 Å². The van der Waals surface area contributed by atoms with Crippen LogP contribution in [0.2, 0.25) is 0 Å². The van der Waals surface area contributed by atoms with Crippen LogP contribution >= 0.6 is 11.3 Å². The Kier molecular flexibility index (Phi) is 2.88. The molecule has 2 aliphatic rings. The normalized spacial score (nSPS) is 23.5. The first-order valence-corrected chi connectivity index (χ1v) is 7.01. The molecule has 3 heterocycles. The van der Waals surface area contributed by atoms with Gasteiger partial charge in [0, 0.05) is 24.0 Å². The highest BCUT2D eigenvalue weighted by molar-refractivity contribution is 7.09. The van der Waals surface area contributed by atoms with Crippen molar-refractivity contribution in [1.82, 2.24) is 15.2 Å². The largest absolute Gasteiger partial charge is 0.337 e. The number of carbonyl (C=O) groups excluding carboxylic acids is 1. The third-order valence-electron chi connectivity index (χ3n) is 3.90. The third kappa shape index (κ3) is 2.21. The molecule has 2 fully saturated rings. The number of thiazole rings is 1. The quantitative estimate of drug-likeness (QED) is 0.860. The van der Waals surface area contributed by atoms with Gasteiger partial charge in [0.25, 0.3) is 0 Å². The second-order valence-corrected chi connectivity index (χ2v) is 6.12. The summed E-state index contributed by atoms with van der Waals surface area (Å²) >= 11 is 1.63.